The van der Waals surface area contributed by atoms with Crippen molar-refractivity contribution >= 4 is 23.4 Å². The van der Waals surface area contributed by atoms with Crippen molar-refractivity contribution in [2.45, 2.75) is 25.3 Å². The molecule has 1 aromatic carbocycles. The third kappa shape index (κ3) is 2.85. The fraction of sp³-hybridized carbons (Fsp3) is 0.308. The van der Waals surface area contributed by atoms with Crippen LogP contribution in [0.1, 0.15) is 17.1 Å². The molecule has 2 nitrogen and oxygen atoms in total. The predicted molar refractivity (Wildman–Crippen MR) is 74.0 cm³/mol. The van der Waals surface area contributed by atoms with Gasteiger partial charge in [-0.05, 0) is 37.8 Å². The Morgan fingerprint density at radius 2 is 2.12 bits per heavy atom. The third-order valence-corrected chi connectivity index (χ3v) is 3.77. The third-order valence-electron chi connectivity index (χ3n) is 2.70. The topological polar surface area (TPSA) is 17.8 Å². The van der Waals surface area contributed by atoms with E-state index in [9.17, 15) is 0 Å². The summed E-state index contributed by atoms with van der Waals surface area (Å²) in [6, 6.07) is 6.20. The van der Waals surface area contributed by atoms with Gasteiger partial charge in [-0.2, -0.15) is 0 Å². The number of hydrogen-bond acceptors (Lipinski definition) is 2. The molecule has 0 spiro atoms. The number of halogens is 1. The van der Waals surface area contributed by atoms with Gasteiger partial charge in [0, 0.05) is 16.1 Å². The van der Waals surface area contributed by atoms with Gasteiger partial charge < -0.3 is 4.57 Å². The molecule has 1 heterocycles. The summed E-state index contributed by atoms with van der Waals surface area (Å²) in [5, 5.41) is 0.822. The van der Waals surface area contributed by atoms with E-state index in [0.29, 0.717) is 0 Å². The highest BCUT2D eigenvalue weighted by Crippen LogP contribution is 2.24. The van der Waals surface area contributed by atoms with Crippen LogP contribution in [0.3, 0.4) is 0 Å². The number of rotatable bonds is 3. The molecule has 1 aromatic heterocycles. The molecular formula is C13H15ClN2S. The van der Waals surface area contributed by atoms with Crippen LogP contribution in [0.25, 0.3) is 0 Å². The summed E-state index contributed by atoms with van der Waals surface area (Å²) < 4.78 is 2.12. The first kappa shape index (κ1) is 12.5. The van der Waals surface area contributed by atoms with E-state index in [4.69, 9.17) is 11.6 Å². The Hall–Kier alpha value is -0.930. The Bertz CT molecular complexity index is 534. The summed E-state index contributed by atoms with van der Waals surface area (Å²) in [6.07, 6.45) is 4.10. The minimum absolute atomic E-state index is 0.778. The highest BCUT2D eigenvalue weighted by molar-refractivity contribution is 7.98. The molecule has 2 aromatic rings. The molecule has 0 N–H and O–H groups in total. The molecule has 0 fully saturated rings. The zero-order valence-corrected chi connectivity index (χ0v) is 11.8. The molecule has 4 heteroatoms. The Morgan fingerprint density at radius 1 is 1.35 bits per heavy atom. The molecule has 0 aliphatic rings. The van der Waals surface area contributed by atoms with Crippen molar-refractivity contribution < 1.29 is 0 Å². The molecule has 90 valence electrons. The van der Waals surface area contributed by atoms with Gasteiger partial charge in [0.05, 0.1) is 12.2 Å². The number of hydrogen-bond donors (Lipinski definition) is 0. The smallest absolute Gasteiger partial charge is 0.106 e. The lowest BCUT2D eigenvalue weighted by Crippen LogP contribution is -2.01. The average Bonchev–Trinajstić information content (AvgIpc) is 2.60. The van der Waals surface area contributed by atoms with Gasteiger partial charge in [0.25, 0.3) is 0 Å². The van der Waals surface area contributed by atoms with Crippen LogP contribution in [0.5, 0.6) is 0 Å². The van der Waals surface area contributed by atoms with E-state index in [1.165, 1.54) is 4.90 Å². The quantitative estimate of drug-likeness (QED) is 0.784. The second-order valence-electron chi connectivity index (χ2n) is 4.01. The second-order valence-corrected chi connectivity index (χ2v) is 5.30. The fourth-order valence-corrected chi connectivity index (χ4v) is 2.54. The monoisotopic (exact) mass is 266 g/mol. The molecular weight excluding hydrogens is 252 g/mol. The van der Waals surface area contributed by atoms with Gasteiger partial charge >= 0.3 is 0 Å². The molecule has 0 radical (unpaired) electrons. The molecule has 0 atom stereocenters. The predicted octanol–water partition coefficient (Wildman–Crippen LogP) is 3.92. The number of benzene rings is 1. The van der Waals surface area contributed by atoms with Gasteiger partial charge in [-0.25, -0.2) is 4.98 Å². The maximum absolute atomic E-state index is 6.27. The molecule has 0 aliphatic carbocycles. The van der Waals surface area contributed by atoms with E-state index in [0.717, 1.165) is 28.6 Å². The van der Waals surface area contributed by atoms with Gasteiger partial charge in [0.2, 0.25) is 0 Å². The van der Waals surface area contributed by atoms with Crippen LogP contribution in [0.4, 0.5) is 0 Å². The first-order valence-corrected chi connectivity index (χ1v) is 7.03. The maximum atomic E-state index is 6.27. The highest BCUT2D eigenvalue weighted by atomic mass is 35.5. The van der Waals surface area contributed by atoms with Crippen LogP contribution >= 0.6 is 23.4 Å². The van der Waals surface area contributed by atoms with Crippen LogP contribution in [0.2, 0.25) is 5.02 Å². The molecule has 0 unspecified atom stereocenters. The lowest BCUT2D eigenvalue weighted by molar-refractivity contribution is 0.761. The molecule has 0 saturated carbocycles. The highest BCUT2D eigenvalue weighted by Gasteiger charge is 2.05. The Balaban J connectivity index is 2.27. The van der Waals surface area contributed by atoms with Crippen molar-refractivity contribution in [2.24, 2.45) is 0 Å². The van der Waals surface area contributed by atoms with Crippen molar-refractivity contribution in [3.63, 3.8) is 0 Å². The van der Waals surface area contributed by atoms with Gasteiger partial charge in [0.15, 0.2) is 0 Å². The summed E-state index contributed by atoms with van der Waals surface area (Å²) in [7, 11) is 0. The van der Waals surface area contributed by atoms with E-state index in [1.54, 1.807) is 11.8 Å². The Morgan fingerprint density at radius 3 is 2.65 bits per heavy atom. The summed E-state index contributed by atoms with van der Waals surface area (Å²) >= 11 is 7.97. The van der Waals surface area contributed by atoms with E-state index < -0.39 is 0 Å². The molecule has 0 aliphatic heterocycles. The number of thioether (sulfide) groups is 1. The van der Waals surface area contributed by atoms with E-state index in [1.807, 2.05) is 26.1 Å². The van der Waals surface area contributed by atoms with Gasteiger partial charge in [-0.3, -0.25) is 0 Å². The molecule has 0 amide bonds. The van der Waals surface area contributed by atoms with Crippen molar-refractivity contribution in [2.75, 3.05) is 6.26 Å². The van der Waals surface area contributed by atoms with Crippen molar-refractivity contribution in [3.05, 3.63) is 46.5 Å². The van der Waals surface area contributed by atoms with Crippen molar-refractivity contribution in [1.82, 2.24) is 9.55 Å². The van der Waals surface area contributed by atoms with Gasteiger partial charge in [0.1, 0.15) is 5.82 Å². The fourth-order valence-electron chi connectivity index (χ4n) is 1.79. The van der Waals surface area contributed by atoms with Crippen LogP contribution in [0.15, 0.2) is 29.3 Å². The lowest BCUT2D eigenvalue weighted by atomic mass is 10.2. The second kappa shape index (κ2) is 5.15. The number of imidazole rings is 1. The van der Waals surface area contributed by atoms with Gasteiger partial charge in [-0.1, -0.05) is 17.7 Å². The molecule has 0 bridgehead atoms. The van der Waals surface area contributed by atoms with Gasteiger partial charge in [-0.15, -0.1) is 11.8 Å². The first-order chi connectivity index (χ1) is 8.10. The van der Waals surface area contributed by atoms with Crippen LogP contribution in [-0.2, 0) is 6.54 Å². The lowest BCUT2D eigenvalue weighted by Gasteiger charge is -2.08. The van der Waals surface area contributed by atoms with Crippen molar-refractivity contribution in [1.29, 1.82) is 0 Å². The van der Waals surface area contributed by atoms with Crippen LogP contribution in [-0.4, -0.2) is 15.8 Å². The molecule has 0 saturated heterocycles. The van der Waals surface area contributed by atoms with Crippen LogP contribution < -0.4 is 0 Å². The zero-order valence-electron chi connectivity index (χ0n) is 10.2. The number of aryl methyl sites for hydroxylation is 2. The maximum Gasteiger partial charge on any atom is 0.106 e. The van der Waals surface area contributed by atoms with E-state index >= 15 is 0 Å². The standard InChI is InChI=1S/C13H15ClN2S/c1-9-7-16(10(2)15-9)8-11-4-5-12(17-3)6-13(11)14/h4-7H,8H2,1-3H3. The van der Waals surface area contributed by atoms with Crippen LogP contribution in [0, 0.1) is 13.8 Å². The van der Waals surface area contributed by atoms with Crippen molar-refractivity contribution in [3.8, 4) is 0 Å². The summed E-state index contributed by atoms with van der Waals surface area (Å²) in [5.41, 5.74) is 2.17. The minimum Gasteiger partial charge on any atom is -0.330 e. The number of aromatic nitrogens is 2. The summed E-state index contributed by atoms with van der Waals surface area (Å²) in [4.78, 5) is 5.58. The molecule has 2 rings (SSSR count). The average molecular weight is 267 g/mol. The van der Waals surface area contributed by atoms with E-state index in [2.05, 4.69) is 27.9 Å². The SMILES string of the molecule is CSc1ccc(Cn2cc(C)nc2C)c(Cl)c1. The van der Waals surface area contributed by atoms with E-state index in [-0.39, 0.29) is 0 Å². The molecule has 17 heavy (non-hydrogen) atoms. The minimum atomic E-state index is 0.778. The Kier molecular flexibility index (Phi) is 3.79. The summed E-state index contributed by atoms with van der Waals surface area (Å²) in [6.45, 7) is 4.79. The first-order valence-electron chi connectivity index (χ1n) is 5.43. The Labute approximate surface area is 111 Å². The zero-order chi connectivity index (χ0) is 12.4. The largest absolute Gasteiger partial charge is 0.330 e. The normalized spacial score (nSPS) is 10.8. The summed E-state index contributed by atoms with van der Waals surface area (Å²) in [5.74, 6) is 1.02. The number of nitrogens with zero attached hydrogens (tertiary/aromatic N) is 2.